The molecule has 2 aromatic heterocycles. The minimum atomic E-state index is -0.522. The Balaban J connectivity index is 1.17. The number of hydrazone groups is 1. The van der Waals surface area contributed by atoms with Crippen molar-refractivity contribution in [3.05, 3.63) is 127 Å². The monoisotopic (exact) mass is 695 g/mol. The maximum absolute atomic E-state index is 12.6. The predicted octanol–water partition coefficient (Wildman–Crippen LogP) is 8.69. The van der Waals surface area contributed by atoms with E-state index in [4.69, 9.17) is 41.8 Å². The number of hydrogen-bond donors (Lipinski definition) is 1. The van der Waals surface area contributed by atoms with Gasteiger partial charge in [0.15, 0.2) is 17.3 Å². The summed E-state index contributed by atoms with van der Waals surface area (Å²) in [6.45, 7) is 4.56. The maximum Gasteiger partial charge on any atom is 0.307 e. The van der Waals surface area contributed by atoms with Gasteiger partial charge in [0.2, 0.25) is 0 Å². The van der Waals surface area contributed by atoms with Crippen LogP contribution < -0.4 is 19.6 Å². The molecule has 0 saturated heterocycles. The third-order valence-corrected chi connectivity index (χ3v) is 8.37. The van der Waals surface area contributed by atoms with Crippen LogP contribution in [-0.4, -0.2) is 23.8 Å². The molecule has 5 aromatic rings. The molecule has 1 N–H and O–H groups in total. The molecule has 0 aliphatic rings. The first-order valence-corrected chi connectivity index (χ1v) is 15.0. The first-order chi connectivity index (χ1) is 21.2. The molecule has 0 aliphatic carbocycles. The fourth-order valence-corrected chi connectivity index (χ4v) is 5.22. The second-order valence-electron chi connectivity index (χ2n) is 9.74. The Hall–Kier alpha value is -4.18. The summed E-state index contributed by atoms with van der Waals surface area (Å²) in [5.41, 5.74) is 7.31. The lowest BCUT2D eigenvalue weighted by Crippen LogP contribution is -2.16. The number of hydrogen-bond acceptors (Lipinski definition) is 6. The Kier molecular flexibility index (Phi) is 9.99. The molecule has 226 valence electrons. The Labute approximate surface area is 273 Å². The fraction of sp³-hybridized carbons (Fsp3) is 0.152. The molecular weight excluding hydrogens is 669 g/mol. The highest BCUT2D eigenvalue weighted by Gasteiger charge is 2.18. The Morgan fingerprint density at radius 1 is 0.955 bits per heavy atom. The minimum Gasteiger partial charge on any atom is -0.493 e. The molecule has 0 aliphatic heterocycles. The summed E-state index contributed by atoms with van der Waals surface area (Å²) in [7, 11) is 1.51. The van der Waals surface area contributed by atoms with E-state index in [1.54, 1.807) is 30.3 Å². The number of aryl methyl sites for hydroxylation is 2. The number of nitrogens with zero attached hydrogens (tertiary/aromatic N) is 2. The molecule has 44 heavy (non-hydrogen) atoms. The van der Waals surface area contributed by atoms with E-state index in [9.17, 15) is 4.79 Å². The minimum absolute atomic E-state index is 0.0929. The lowest BCUT2D eigenvalue weighted by Gasteiger charge is -2.15. The summed E-state index contributed by atoms with van der Waals surface area (Å²) < 4.78 is 25.6. The normalized spacial score (nSPS) is 11.1. The number of amides is 1. The lowest BCUT2D eigenvalue weighted by atomic mass is 10.2. The molecule has 5 rings (SSSR count). The first-order valence-electron chi connectivity index (χ1n) is 13.5. The molecule has 0 saturated carbocycles. The van der Waals surface area contributed by atoms with Crippen molar-refractivity contribution in [2.45, 2.75) is 27.1 Å². The fourth-order valence-electron chi connectivity index (χ4n) is 4.44. The van der Waals surface area contributed by atoms with Crippen molar-refractivity contribution in [3.63, 3.8) is 0 Å². The van der Waals surface area contributed by atoms with Crippen molar-refractivity contribution >= 4 is 51.3 Å². The number of methoxy groups -OCH3 is 1. The standard InChI is InChI=1S/C33H28BrCl2N3O5/c1-20-4-5-21(2)39(20)25-10-12-26(13-11-25)42-19-27-14-15-28(44-27)33(40)38-37-17-23-16-29(41-3)32(31(36)30(23)34)43-18-22-6-8-24(35)9-7-22/h4-17H,18-19H2,1-3H3,(H,38,40)/b37-17+. The largest absolute Gasteiger partial charge is 0.493 e. The highest BCUT2D eigenvalue weighted by atomic mass is 79.9. The smallest absolute Gasteiger partial charge is 0.307 e. The van der Waals surface area contributed by atoms with E-state index < -0.39 is 5.91 Å². The van der Waals surface area contributed by atoms with Gasteiger partial charge < -0.3 is 23.2 Å². The first kappa shape index (κ1) is 31.3. The van der Waals surface area contributed by atoms with Crippen LogP contribution in [0.2, 0.25) is 10.0 Å². The van der Waals surface area contributed by atoms with E-state index in [-0.39, 0.29) is 19.0 Å². The Morgan fingerprint density at radius 2 is 1.66 bits per heavy atom. The van der Waals surface area contributed by atoms with Gasteiger partial charge in [0.05, 0.1) is 13.3 Å². The van der Waals surface area contributed by atoms with Crippen molar-refractivity contribution < 1.29 is 23.4 Å². The molecule has 1 amide bonds. The second kappa shape index (κ2) is 14.1. The maximum atomic E-state index is 12.6. The third kappa shape index (κ3) is 7.30. The number of carbonyl (C=O) groups is 1. The molecule has 0 unspecified atom stereocenters. The van der Waals surface area contributed by atoms with Gasteiger partial charge in [0.25, 0.3) is 0 Å². The van der Waals surface area contributed by atoms with Gasteiger partial charge >= 0.3 is 5.91 Å². The van der Waals surface area contributed by atoms with Gasteiger partial charge in [-0.3, -0.25) is 4.79 Å². The van der Waals surface area contributed by atoms with Crippen LogP contribution in [0.5, 0.6) is 17.2 Å². The van der Waals surface area contributed by atoms with Crippen LogP contribution in [0.15, 0.2) is 92.9 Å². The van der Waals surface area contributed by atoms with E-state index in [0.29, 0.717) is 43.1 Å². The van der Waals surface area contributed by atoms with Crippen LogP contribution in [0.1, 0.15) is 38.8 Å². The van der Waals surface area contributed by atoms with E-state index in [0.717, 1.165) is 22.6 Å². The molecule has 0 radical (unpaired) electrons. The summed E-state index contributed by atoms with van der Waals surface area (Å²) in [5.74, 6) is 1.52. The molecule has 0 fully saturated rings. The average molecular weight is 697 g/mol. The topological polar surface area (TPSA) is 87.2 Å². The summed E-state index contributed by atoms with van der Waals surface area (Å²) in [6, 6.07) is 24.2. The van der Waals surface area contributed by atoms with Crippen molar-refractivity contribution in [2.75, 3.05) is 7.11 Å². The lowest BCUT2D eigenvalue weighted by molar-refractivity contribution is 0.0923. The summed E-state index contributed by atoms with van der Waals surface area (Å²) >= 11 is 16.0. The molecule has 11 heteroatoms. The molecule has 3 aromatic carbocycles. The van der Waals surface area contributed by atoms with Gasteiger partial charge in [0, 0.05) is 32.1 Å². The van der Waals surface area contributed by atoms with Crippen LogP contribution in [0.25, 0.3) is 5.69 Å². The van der Waals surface area contributed by atoms with Crippen molar-refractivity contribution in [3.8, 4) is 22.9 Å². The van der Waals surface area contributed by atoms with E-state index in [1.165, 1.54) is 13.3 Å². The predicted molar refractivity (Wildman–Crippen MR) is 175 cm³/mol. The van der Waals surface area contributed by atoms with Gasteiger partial charge in [0.1, 0.15) is 29.7 Å². The van der Waals surface area contributed by atoms with Gasteiger partial charge in [-0.05, 0) is 102 Å². The van der Waals surface area contributed by atoms with Crippen LogP contribution in [-0.2, 0) is 13.2 Å². The molecular formula is C33H28BrCl2N3O5. The van der Waals surface area contributed by atoms with E-state index in [2.05, 4.69) is 57.0 Å². The van der Waals surface area contributed by atoms with Crippen LogP contribution in [0.4, 0.5) is 0 Å². The Bertz CT molecular complexity index is 1780. The zero-order chi connectivity index (χ0) is 31.2. The van der Waals surface area contributed by atoms with Crippen LogP contribution in [0, 0.1) is 13.8 Å². The van der Waals surface area contributed by atoms with Crippen molar-refractivity contribution in [1.29, 1.82) is 0 Å². The summed E-state index contributed by atoms with van der Waals surface area (Å²) in [5, 5.41) is 4.99. The number of halogens is 3. The average Bonchev–Trinajstić information content (AvgIpc) is 3.64. The van der Waals surface area contributed by atoms with Crippen LogP contribution in [0.3, 0.4) is 0 Å². The summed E-state index contributed by atoms with van der Waals surface area (Å²) in [6.07, 6.45) is 1.44. The summed E-state index contributed by atoms with van der Waals surface area (Å²) in [4.78, 5) is 12.6. The van der Waals surface area contributed by atoms with Crippen molar-refractivity contribution in [1.82, 2.24) is 9.99 Å². The number of aromatic nitrogens is 1. The van der Waals surface area contributed by atoms with Gasteiger partial charge in [-0.1, -0.05) is 35.3 Å². The number of nitrogens with one attached hydrogen (secondary N) is 1. The molecule has 0 bridgehead atoms. The highest BCUT2D eigenvalue weighted by Crippen LogP contribution is 2.42. The quantitative estimate of drug-likeness (QED) is 0.110. The van der Waals surface area contributed by atoms with Gasteiger partial charge in [-0.25, -0.2) is 5.43 Å². The van der Waals surface area contributed by atoms with E-state index >= 15 is 0 Å². The van der Waals surface area contributed by atoms with E-state index in [1.807, 2.05) is 36.4 Å². The number of benzene rings is 3. The number of ether oxygens (including phenoxy) is 3. The molecule has 2 heterocycles. The number of rotatable bonds is 11. The van der Waals surface area contributed by atoms with Gasteiger partial charge in [-0.2, -0.15) is 5.10 Å². The Morgan fingerprint density at radius 3 is 2.34 bits per heavy atom. The van der Waals surface area contributed by atoms with Gasteiger partial charge in [-0.15, -0.1) is 0 Å². The molecule has 8 nitrogen and oxygen atoms in total. The second-order valence-corrected chi connectivity index (χ2v) is 11.3. The number of carbonyl (C=O) groups excluding carboxylic acids is 1. The molecule has 0 atom stereocenters. The number of furan rings is 1. The third-order valence-electron chi connectivity index (χ3n) is 6.67. The molecule has 0 spiro atoms. The zero-order valence-electron chi connectivity index (χ0n) is 24.1. The van der Waals surface area contributed by atoms with Crippen molar-refractivity contribution in [2.24, 2.45) is 5.10 Å². The van der Waals surface area contributed by atoms with Crippen LogP contribution >= 0.6 is 39.1 Å². The highest BCUT2D eigenvalue weighted by molar-refractivity contribution is 9.10. The zero-order valence-corrected chi connectivity index (χ0v) is 27.2. The SMILES string of the molecule is COc1cc(/C=N/NC(=O)c2ccc(COc3ccc(-n4c(C)ccc4C)cc3)o2)c(Br)c(Cl)c1OCc1ccc(Cl)cc1.